The highest BCUT2D eigenvalue weighted by Crippen LogP contribution is 2.31. The minimum Gasteiger partial charge on any atom is -0.398 e. The number of nitrogen functional groups attached to an aromatic ring is 1. The molecule has 2 N–H and O–H groups in total. The number of nitrogens with zero attached hydrogens (tertiary/aromatic N) is 2. The molecule has 1 fully saturated rings. The minimum atomic E-state index is 0.620. The standard InChI is InChI=1S/C14H22ClN3/c1-10-7-13(16)12(15)8-14(10)18-6-4-5-11(9-18)17(2)3/h7-8,11H,4-6,9,16H2,1-3H3. The van der Waals surface area contributed by atoms with Gasteiger partial charge in [-0.05, 0) is 51.6 Å². The predicted molar refractivity (Wildman–Crippen MR) is 79.5 cm³/mol. The van der Waals surface area contributed by atoms with E-state index in [1.807, 2.05) is 12.1 Å². The number of rotatable bonds is 2. The van der Waals surface area contributed by atoms with Crippen LogP contribution in [-0.4, -0.2) is 38.1 Å². The quantitative estimate of drug-likeness (QED) is 0.837. The number of likely N-dealkylation sites (N-methyl/N-ethyl adjacent to an activating group) is 1. The smallest absolute Gasteiger partial charge is 0.0656 e. The van der Waals surface area contributed by atoms with Crippen LogP contribution in [0, 0.1) is 6.92 Å². The number of hydrogen-bond donors (Lipinski definition) is 1. The lowest BCUT2D eigenvalue weighted by Gasteiger charge is -2.38. The summed E-state index contributed by atoms with van der Waals surface area (Å²) in [7, 11) is 4.30. The van der Waals surface area contributed by atoms with Gasteiger partial charge < -0.3 is 15.5 Å². The first kappa shape index (κ1) is 13.5. The van der Waals surface area contributed by atoms with Gasteiger partial charge in [-0.15, -0.1) is 0 Å². The number of anilines is 2. The van der Waals surface area contributed by atoms with Crippen molar-refractivity contribution in [2.24, 2.45) is 0 Å². The first-order valence-corrected chi connectivity index (χ1v) is 6.84. The number of hydrogen-bond acceptors (Lipinski definition) is 3. The second-order valence-corrected chi connectivity index (χ2v) is 5.77. The molecular weight excluding hydrogens is 246 g/mol. The lowest BCUT2D eigenvalue weighted by Crippen LogP contribution is -2.45. The summed E-state index contributed by atoms with van der Waals surface area (Å²) in [5, 5.41) is 0.655. The molecule has 1 aliphatic rings. The highest BCUT2D eigenvalue weighted by Gasteiger charge is 2.22. The Bertz CT molecular complexity index is 431. The third-order valence-corrected chi connectivity index (χ3v) is 4.11. The molecule has 0 aliphatic carbocycles. The second kappa shape index (κ2) is 5.37. The van der Waals surface area contributed by atoms with Crippen molar-refractivity contribution in [2.75, 3.05) is 37.8 Å². The summed E-state index contributed by atoms with van der Waals surface area (Å²) in [6.45, 7) is 4.26. The Kier molecular flexibility index (Phi) is 4.03. The molecule has 18 heavy (non-hydrogen) atoms. The van der Waals surface area contributed by atoms with E-state index in [-0.39, 0.29) is 0 Å². The van der Waals surface area contributed by atoms with Crippen LogP contribution in [0.5, 0.6) is 0 Å². The van der Waals surface area contributed by atoms with Crippen molar-refractivity contribution in [2.45, 2.75) is 25.8 Å². The van der Waals surface area contributed by atoms with Gasteiger partial charge >= 0.3 is 0 Å². The Morgan fingerprint density at radius 3 is 2.78 bits per heavy atom. The van der Waals surface area contributed by atoms with Crippen LogP contribution < -0.4 is 10.6 Å². The Morgan fingerprint density at radius 1 is 1.39 bits per heavy atom. The third-order valence-electron chi connectivity index (χ3n) is 3.78. The highest BCUT2D eigenvalue weighted by molar-refractivity contribution is 6.33. The Balaban J connectivity index is 2.23. The molecule has 0 saturated carbocycles. The van der Waals surface area contributed by atoms with Gasteiger partial charge in [-0.2, -0.15) is 0 Å². The summed E-state index contributed by atoms with van der Waals surface area (Å²) >= 11 is 6.14. The Morgan fingerprint density at radius 2 is 2.11 bits per heavy atom. The molecule has 3 nitrogen and oxygen atoms in total. The van der Waals surface area contributed by atoms with Crippen LogP contribution in [0.15, 0.2) is 12.1 Å². The molecule has 1 heterocycles. The molecule has 100 valence electrons. The second-order valence-electron chi connectivity index (χ2n) is 5.37. The molecule has 4 heteroatoms. The van der Waals surface area contributed by atoms with Crippen molar-refractivity contribution in [1.82, 2.24) is 4.90 Å². The third kappa shape index (κ3) is 2.73. The summed E-state index contributed by atoms with van der Waals surface area (Å²) in [6.07, 6.45) is 2.50. The van der Waals surface area contributed by atoms with Gasteiger partial charge in [-0.1, -0.05) is 11.6 Å². The highest BCUT2D eigenvalue weighted by atomic mass is 35.5. The largest absolute Gasteiger partial charge is 0.398 e. The molecule has 2 rings (SSSR count). The van der Waals surface area contributed by atoms with Gasteiger partial charge in [0.2, 0.25) is 0 Å². The molecule has 1 aromatic rings. The van der Waals surface area contributed by atoms with Crippen LogP contribution in [0.25, 0.3) is 0 Å². The lowest BCUT2D eigenvalue weighted by molar-refractivity contribution is 0.258. The minimum absolute atomic E-state index is 0.620. The molecular formula is C14H22ClN3. The topological polar surface area (TPSA) is 32.5 Å². The van der Waals surface area contributed by atoms with Gasteiger partial charge in [-0.25, -0.2) is 0 Å². The predicted octanol–water partition coefficient (Wildman–Crippen LogP) is 2.76. The maximum Gasteiger partial charge on any atom is 0.0656 e. The van der Waals surface area contributed by atoms with E-state index in [4.69, 9.17) is 17.3 Å². The first-order chi connectivity index (χ1) is 8.49. The first-order valence-electron chi connectivity index (χ1n) is 6.46. The van der Waals surface area contributed by atoms with Crippen molar-refractivity contribution in [1.29, 1.82) is 0 Å². The van der Waals surface area contributed by atoms with E-state index in [0.717, 1.165) is 13.1 Å². The number of piperidine rings is 1. The monoisotopic (exact) mass is 267 g/mol. The molecule has 1 unspecified atom stereocenters. The molecule has 0 radical (unpaired) electrons. The average Bonchev–Trinajstić information content (AvgIpc) is 2.34. The van der Waals surface area contributed by atoms with Crippen LogP contribution in [0.3, 0.4) is 0 Å². The molecule has 0 amide bonds. The lowest BCUT2D eigenvalue weighted by atomic mass is 10.0. The van der Waals surface area contributed by atoms with Gasteiger partial charge in [0, 0.05) is 24.8 Å². The SMILES string of the molecule is Cc1cc(N)c(Cl)cc1N1CCCC(N(C)C)C1. The normalized spacial score (nSPS) is 20.5. The van der Waals surface area contributed by atoms with E-state index in [1.54, 1.807) is 0 Å². The van der Waals surface area contributed by atoms with E-state index in [0.29, 0.717) is 16.8 Å². The molecule has 0 bridgehead atoms. The summed E-state index contributed by atoms with van der Waals surface area (Å²) in [4.78, 5) is 4.73. The van der Waals surface area contributed by atoms with E-state index < -0.39 is 0 Å². The zero-order valence-electron chi connectivity index (χ0n) is 11.4. The van der Waals surface area contributed by atoms with Crippen molar-refractivity contribution in [3.8, 4) is 0 Å². The van der Waals surface area contributed by atoms with Crippen LogP contribution in [0.4, 0.5) is 11.4 Å². The molecule has 1 aromatic carbocycles. The Labute approximate surface area is 115 Å². The van der Waals surface area contributed by atoms with Crippen LogP contribution in [0.2, 0.25) is 5.02 Å². The van der Waals surface area contributed by atoms with Gasteiger partial charge in [0.25, 0.3) is 0 Å². The maximum atomic E-state index is 6.14. The fourth-order valence-electron chi connectivity index (χ4n) is 2.63. The van der Waals surface area contributed by atoms with E-state index in [9.17, 15) is 0 Å². The number of halogens is 1. The van der Waals surface area contributed by atoms with Crippen LogP contribution in [0.1, 0.15) is 18.4 Å². The number of aryl methyl sites for hydroxylation is 1. The van der Waals surface area contributed by atoms with Gasteiger partial charge in [0.1, 0.15) is 0 Å². The average molecular weight is 268 g/mol. The van der Waals surface area contributed by atoms with Crippen molar-refractivity contribution >= 4 is 23.0 Å². The summed E-state index contributed by atoms with van der Waals surface area (Å²) in [6, 6.07) is 4.59. The summed E-state index contributed by atoms with van der Waals surface area (Å²) in [5.41, 5.74) is 8.93. The van der Waals surface area contributed by atoms with E-state index in [1.165, 1.54) is 24.1 Å². The molecule has 1 saturated heterocycles. The van der Waals surface area contributed by atoms with E-state index in [2.05, 4.69) is 30.8 Å². The summed E-state index contributed by atoms with van der Waals surface area (Å²) in [5.74, 6) is 0. The van der Waals surface area contributed by atoms with Gasteiger partial charge in [-0.3, -0.25) is 0 Å². The summed E-state index contributed by atoms with van der Waals surface area (Å²) < 4.78 is 0. The van der Waals surface area contributed by atoms with Crippen LogP contribution in [-0.2, 0) is 0 Å². The molecule has 1 atom stereocenters. The maximum absolute atomic E-state index is 6.14. The fourth-order valence-corrected chi connectivity index (χ4v) is 2.79. The van der Waals surface area contributed by atoms with E-state index >= 15 is 0 Å². The zero-order valence-corrected chi connectivity index (χ0v) is 12.2. The number of benzene rings is 1. The number of nitrogens with two attached hydrogens (primary N) is 1. The van der Waals surface area contributed by atoms with Gasteiger partial charge in [0.15, 0.2) is 0 Å². The molecule has 1 aliphatic heterocycles. The van der Waals surface area contributed by atoms with Gasteiger partial charge in [0.05, 0.1) is 10.7 Å². The van der Waals surface area contributed by atoms with Crippen molar-refractivity contribution in [3.63, 3.8) is 0 Å². The fraction of sp³-hybridized carbons (Fsp3) is 0.571. The zero-order chi connectivity index (χ0) is 13.3. The Hall–Kier alpha value is -0.930. The molecule has 0 aromatic heterocycles. The molecule has 0 spiro atoms. The van der Waals surface area contributed by atoms with Crippen LogP contribution >= 0.6 is 11.6 Å². The van der Waals surface area contributed by atoms with Crippen molar-refractivity contribution in [3.05, 3.63) is 22.7 Å². The van der Waals surface area contributed by atoms with Crippen molar-refractivity contribution < 1.29 is 0 Å².